The second kappa shape index (κ2) is 5.87. The highest BCUT2D eigenvalue weighted by Gasteiger charge is 2.26. The van der Waals surface area contributed by atoms with E-state index in [-0.39, 0.29) is 0 Å². The number of nitrogens with one attached hydrogen (secondary N) is 1. The number of thioether (sulfide) groups is 2. The van der Waals surface area contributed by atoms with Gasteiger partial charge in [0.15, 0.2) is 0 Å². The van der Waals surface area contributed by atoms with Crippen molar-refractivity contribution in [2.24, 2.45) is 0 Å². The van der Waals surface area contributed by atoms with E-state index in [2.05, 4.69) is 41.8 Å². The van der Waals surface area contributed by atoms with Crippen LogP contribution in [0.4, 0.5) is 0 Å². The lowest BCUT2D eigenvalue weighted by Gasteiger charge is -2.28. The third-order valence-electron chi connectivity index (χ3n) is 2.49. The first-order chi connectivity index (χ1) is 7.42. The van der Waals surface area contributed by atoms with Gasteiger partial charge in [-0.05, 0) is 18.7 Å². The molecule has 2 atom stereocenters. The van der Waals surface area contributed by atoms with E-state index in [9.17, 15) is 0 Å². The van der Waals surface area contributed by atoms with Crippen molar-refractivity contribution in [2.45, 2.75) is 18.2 Å². The first-order valence-electron chi connectivity index (χ1n) is 5.38. The lowest BCUT2D eigenvalue weighted by atomic mass is 10.1. The third kappa shape index (κ3) is 2.95. The Morgan fingerprint density at radius 3 is 3.13 bits per heavy atom. The summed E-state index contributed by atoms with van der Waals surface area (Å²) in [5.41, 5.74) is 0. The zero-order valence-corrected chi connectivity index (χ0v) is 10.6. The van der Waals surface area contributed by atoms with E-state index in [1.807, 2.05) is 6.07 Å². The number of hydrogen-bond donors (Lipinski definition) is 1. The highest BCUT2D eigenvalue weighted by atomic mass is 32.2. The molecule has 1 aromatic heterocycles. The molecular weight excluding hydrogens is 226 g/mol. The predicted octanol–water partition coefficient (Wildman–Crippen LogP) is 2.78. The average Bonchev–Trinajstić information content (AvgIpc) is 2.80. The summed E-state index contributed by atoms with van der Waals surface area (Å²) in [5, 5.41) is 4.17. The molecule has 2 unspecified atom stereocenters. The molecule has 1 aliphatic heterocycles. The molecule has 2 nitrogen and oxygen atoms in total. The Kier molecular flexibility index (Phi) is 4.47. The van der Waals surface area contributed by atoms with Gasteiger partial charge in [-0.2, -0.15) is 23.5 Å². The molecule has 2 heterocycles. The molecular formula is C11H17NOS2. The average molecular weight is 243 g/mol. The second-order valence-corrected chi connectivity index (χ2v) is 6.03. The fraction of sp³-hybridized carbons (Fsp3) is 0.636. The summed E-state index contributed by atoms with van der Waals surface area (Å²) >= 11 is 4.12. The minimum Gasteiger partial charge on any atom is -0.468 e. The summed E-state index contributed by atoms with van der Waals surface area (Å²) < 4.78 is 5.52. The van der Waals surface area contributed by atoms with Gasteiger partial charge in [-0.1, -0.05) is 6.92 Å². The van der Waals surface area contributed by atoms with Gasteiger partial charge in [-0.3, -0.25) is 0 Å². The van der Waals surface area contributed by atoms with Gasteiger partial charge in [-0.15, -0.1) is 0 Å². The Labute approximate surface area is 99.6 Å². The summed E-state index contributed by atoms with van der Waals surface area (Å²) in [5.74, 6) is 4.86. The maximum Gasteiger partial charge on any atom is 0.121 e. The highest BCUT2D eigenvalue weighted by Crippen LogP contribution is 2.33. The summed E-state index contributed by atoms with van der Waals surface area (Å²) in [6.07, 6.45) is 1.76. The van der Waals surface area contributed by atoms with Crippen molar-refractivity contribution in [3.63, 3.8) is 0 Å². The van der Waals surface area contributed by atoms with Gasteiger partial charge in [0.2, 0.25) is 0 Å². The van der Waals surface area contributed by atoms with E-state index in [0.29, 0.717) is 11.3 Å². The first kappa shape index (κ1) is 11.4. The Morgan fingerprint density at radius 1 is 1.60 bits per heavy atom. The van der Waals surface area contributed by atoms with Gasteiger partial charge in [0.25, 0.3) is 0 Å². The van der Waals surface area contributed by atoms with Crippen molar-refractivity contribution >= 4 is 23.5 Å². The Morgan fingerprint density at radius 2 is 2.53 bits per heavy atom. The molecule has 1 aliphatic rings. The van der Waals surface area contributed by atoms with Crippen molar-refractivity contribution in [2.75, 3.05) is 23.8 Å². The maximum atomic E-state index is 5.52. The highest BCUT2D eigenvalue weighted by molar-refractivity contribution is 8.06. The molecule has 4 heteroatoms. The fourth-order valence-corrected chi connectivity index (χ4v) is 4.65. The fourth-order valence-electron chi connectivity index (χ4n) is 1.80. The molecule has 84 valence electrons. The molecule has 15 heavy (non-hydrogen) atoms. The van der Waals surface area contributed by atoms with Crippen LogP contribution in [0, 0.1) is 0 Å². The number of furan rings is 1. The SMILES string of the molecule is CCNC(c1ccco1)C1CSCCS1. The van der Waals surface area contributed by atoms with Crippen molar-refractivity contribution in [3.8, 4) is 0 Å². The Hall–Kier alpha value is -0.0600. The largest absolute Gasteiger partial charge is 0.468 e. The molecule has 0 aromatic carbocycles. The molecule has 0 radical (unpaired) electrons. The molecule has 1 N–H and O–H groups in total. The van der Waals surface area contributed by atoms with Crippen LogP contribution in [0.2, 0.25) is 0 Å². The smallest absolute Gasteiger partial charge is 0.121 e. The normalized spacial score (nSPS) is 23.9. The van der Waals surface area contributed by atoms with Crippen molar-refractivity contribution in [1.82, 2.24) is 5.32 Å². The molecule has 2 rings (SSSR count). The van der Waals surface area contributed by atoms with Crippen LogP contribution in [-0.2, 0) is 0 Å². The van der Waals surface area contributed by atoms with Crippen LogP contribution in [0.1, 0.15) is 18.7 Å². The minimum absolute atomic E-state index is 0.378. The van der Waals surface area contributed by atoms with Crippen LogP contribution < -0.4 is 5.32 Å². The minimum atomic E-state index is 0.378. The van der Waals surface area contributed by atoms with Crippen LogP contribution >= 0.6 is 23.5 Å². The second-order valence-electron chi connectivity index (χ2n) is 3.53. The van der Waals surface area contributed by atoms with E-state index >= 15 is 0 Å². The standard InChI is InChI=1S/C11H17NOS2/c1-2-12-11(9-4-3-5-13-9)10-8-14-6-7-15-10/h3-5,10-12H,2,6-8H2,1H3. The third-order valence-corrected chi connectivity index (χ3v) is 5.35. The molecule has 1 fully saturated rings. The van der Waals surface area contributed by atoms with Crippen LogP contribution in [0.25, 0.3) is 0 Å². The van der Waals surface area contributed by atoms with Gasteiger partial charge >= 0.3 is 0 Å². The van der Waals surface area contributed by atoms with E-state index in [4.69, 9.17) is 4.42 Å². The lowest BCUT2D eigenvalue weighted by molar-refractivity contribution is 0.417. The summed E-state index contributed by atoms with van der Waals surface area (Å²) in [6, 6.07) is 4.43. The van der Waals surface area contributed by atoms with Crippen molar-refractivity contribution in [3.05, 3.63) is 24.2 Å². The van der Waals surface area contributed by atoms with Gasteiger partial charge in [0.1, 0.15) is 5.76 Å². The zero-order valence-electron chi connectivity index (χ0n) is 8.94. The van der Waals surface area contributed by atoms with E-state index in [1.165, 1.54) is 17.3 Å². The van der Waals surface area contributed by atoms with Crippen LogP contribution in [0.5, 0.6) is 0 Å². The van der Waals surface area contributed by atoms with Gasteiger partial charge in [-0.25, -0.2) is 0 Å². The molecule has 0 aliphatic carbocycles. The summed E-state index contributed by atoms with van der Waals surface area (Å²) in [6.45, 7) is 3.14. The maximum absolute atomic E-state index is 5.52. The Bertz CT molecular complexity index is 270. The van der Waals surface area contributed by atoms with E-state index in [0.717, 1.165) is 12.3 Å². The molecule has 0 amide bonds. The van der Waals surface area contributed by atoms with Gasteiger partial charge in [0.05, 0.1) is 12.3 Å². The zero-order chi connectivity index (χ0) is 10.5. The number of hydrogen-bond acceptors (Lipinski definition) is 4. The molecule has 1 saturated heterocycles. The Balaban J connectivity index is 2.04. The van der Waals surface area contributed by atoms with Crippen molar-refractivity contribution < 1.29 is 4.42 Å². The van der Waals surface area contributed by atoms with E-state index < -0.39 is 0 Å². The molecule has 0 spiro atoms. The monoisotopic (exact) mass is 243 g/mol. The van der Waals surface area contributed by atoms with Crippen LogP contribution in [0.3, 0.4) is 0 Å². The van der Waals surface area contributed by atoms with Gasteiger partial charge in [0, 0.05) is 22.5 Å². The van der Waals surface area contributed by atoms with Crippen molar-refractivity contribution in [1.29, 1.82) is 0 Å². The quantitative estimate of drug-likeness (QED) is 0.879. The van der Waals surface area contributed by atoms with Crippen LogP contribution in [0.15, 0.2) is 22.8 Å². The topological polar surface area (TPSA) is 25.2 Å². The predicted molar refractivity (Wildman–Crippen MR) is 68.7 cm³/mol. The summed E-state index contributed by atoms with van der Waals surface area (Å²) in [4.78, 5) is 0. The molecule has 0 saturated carbocycles. The summed E-state index contributed by atoms with van der Waals surface area (Å²) in [7, 11) is 0. The van der Waals surface area contributed by atoms with Gasteiger partial charge < -0.3 is 9.73 Å². The molecule has 1 aromatic rings. The number of rotatable bonds is 4. The van der Waals surface area contributed by atoms with E-state index in [1.54, 1.807) is 6.26 Å². The molecule has 0 bridgehead atoms. The first-order valence-corrected chi connectivity index (χ1v) is 7.58. The lowest BCUT2D eigenvalue weighted by Crippen LogP contribution is -2.33. The van der Waals surface area contributed by atoms with Crippen LogP contribution in [-0.4, -0.2) is 29.1 Å².